The Bertz CT molecular complexity index is 787. The number of hydrogen-bond donors (Lipinski definition) is 1. The largest absolute Gasteiger partial charge is 0.503 e. The zero-order valence-corrected chi connectivity index (χ0v) is 13.5. The first-order valence-electron chi connectivity index (χ1n) is 8.12. The molecule has 1 N–H and O–H groups in total. The van der Waals surface area contributed by atoms with E-state index in [9.17, 15) is 23.1 Å². The molecule has 25 heavy (non-hydrogen) atoms. The fraction of sp³-hybridized carbons (Fsp3) is 0.389. The van der Waals surface area contributed by atoms with Gasteiger partial charge in [-0.2, -0.15) is 13.2 Å². The lowest BCUT2D eigenvalue weighted by atomic mass is 10.1. The minimum Gasteiger partial charge on any atom is -0.503 e. The molecule has 1 aliphatic rings. The molecule has 0 bridgehead atoms. The van der Waals surface area contributed by atoms with Crippen molar-refractivity contribution in [3.05, 3.63) is 64.1 Å². The summed E-state index contributed by atoms with van der Waals surface area (Å²) in [6.07, 6.45) is -2.27. The number of likely N-dealkylation sites (tertiary alicyclic amines) is 1. The third kappa shape index (κ3) is 3.87. The van der Waals surface area contributed by atoms with Crippen LogP contribution in [-0.4, -0.2) is 33.3 Å². The van der Waals surface area contributed by atoms with Crippen LogP contribution in [-0.2, 0) is 13.1 Å². The second-order valence-electron chi connectivity index (χ2n) is 6.28. The summed E-state index contributed by atoms with van der Waals surface area (Å²) in [5.74, 6) is -0.480. The van der Waals surface area contributed by atoms with Gasteiger partial charge in [-0.1, -0.05) is 30.3 Å². The molecule has 3 rings (SSSR count). The predicted molar refractivity (Wildman–Crippen MR) is 87.4 cm³/mol. The highest BCUT2D eigenvalue weighted by Gasteiger charge is 2.45. The molecule has 0 spiro atoms. The van der Waals surface area contributed by atoms with Crippen LogP contribution in [0.2, 0.25) is 0 Å². The molecule has 0 aliphatic carbocycles. The average Bonchev–Trinajstić information content (AvgIpc) is 3.04. The highest BCUT2D eigenvalue weighted by molar-refractivity contribution is 5.30. The highest BCUT2D eigenvalue weighted by Crippen LogP contribution is 2.34. The van der Waals surface area contributed by atoms with Gasteiger partial charge in [-0.05, 0) is 31.0 Å². The van der Waals surface area contributed by atoms with Gasteiger partial charge in [0.15, 0.2) is 5.75 Å². The van der Waals surface area contributed by atoms with Gasteiger partial charge in [0.25, 0.3) is 5.56 Å². The summed E-state index contributed by atoms with van der Waals surface area (Å²) in [6, 6.07) is 9.27. The summed E-state index contributed by atoms with van der Waals surface area (Å²) in [7, 11) is 0. The zero-order valence-electron chi connectivity index (χ0n) is 13.5. The number of hydrogen-bond acceptors (Lipinski definition) is 3. The Kier molecular flexibility index (Phi) is 4.85. The Balaban J connectivity index is 1.80. The Morgan fingerprint density at radius 1 is 1.12 bits per heavy atom. The van der Waals surface area contributed by atoms with Crippen molar-refractivity contribution < 1.29 is 18.3 Å². The minimum absolute atomic E-state index is 0.0509. The van der Waals surface area contributed by atoms with E-state index in [0.29, 0.717) is 19.5 Å². The molecule has 1 aromatic heterocycles. The SMILES string of the molecule is O=c1c(O)c(CN2CCCC2C(F)(F)F)ccn1Cc1ccccc1. The quantitative estimate of drug-likeness (QED) is 0.920. The lowest BCUT2D eigenvalue weighted by Gasteiger charge is -2.26. The van der Waals surface area contributed by atoms with E-state index in [4.69, 9.17) is 0 Å². The maximum absolute atomic E-state index is 13.0. The van der Waals surface area contributed by atoms with Gasteiger partial charge in [-0.3, -0.25) is 9.69 Å². The molecular formula is C18H19F3N2O2. The van der Waals surface area contributed by atoms with E-state index in [1.54, 1.807) is 0 Å². The van der Waals surface area contributed by atoms with Gasteiger partial charge < -0.3 is 9.67 Å². The predicted octanol–water partition coefficient (Wildman–Crippen LogP) is 3.13. The Morgan fingerprint density at radius 3 is 2.52 bits per heavy atom. The van der Waals surface area contributed by atoms with Gasteiger partial charge in [0, 0.05) is 18.3 Å². The fourth-order valence-corrected chi connectivity index (χ4v) is 3.24. The van der Waals surface area contributed by atoms with E-state index in [-0.39, 0.29) is 18.5 Å². The third-order valence-corrected chi connectivity index (χ3v) is 4.53. The van der Waals surface area contributed by atoms with Gasteiger partial charge >= 0.3 is 6.18 Å². The van der Waals surface area contributed by atoms with Crippen molar-refractivity contribution >= 4 is 0 Å². The molecule has 1 aliphatic heterocycles. The van der Waals surface area contributed by atoms with Crippen molar-refractivity contribution in [2.24, 2.45) is 0 Å². The summed E-state index contributed by atoms with van der Waals surface area (Å²) in [6.45, 7) is 0.510. The van der Waals surface area contributed by atoms with E-state index in [1.165, 1.54) is 21.7 Å². The molecule has 1 saturated heterocycles. The number of aromatic hydroxyl groups is 1. The molecule has 0 saturated carbocycles. The maximum atomic E-state index is 13.0. The first kappa shape index (κ1) is 17.5. The van der Waals surface area contributed by atoms with Crippen molar-refractivity contribution in [3.8, 4) is 5.75 Å². The van der Waals surface area contributed by atoms with Crippen molar-refractivity contribution in [3.63, 3.8) is 0 Å². The van der Waals surface area contributed by atoms with Crippen LogP contribution in [0.15, 0.2) is 47.4 Å². The van der Waals surface area contributed by atoms with Crippen molar-refractivity contribution in [2.45, 2.75) is 38.1 Å². The third-order valence-electron chi connectivity index (χ3n) is 4.53. The molecule has 4 nitrogen and oxygen atoms in total. The average molecular weight is 352 g/mol. The highest BCUT2D eigenvalue weighted by atomic mass is 19.4. The number of rotatable bonds is 4. The molecule has 1 aromatic carbocycles. The monoisotopic (exact) mass is 352 g/mol. The van der Waals surface area contributed by atoms with Crippen molar-refractivity contribution in [2.75, 3.05) is 6.54 Å². The number of benzene rings is 1. The number of pyridine rings is 1. The standard InChI is InChI=1S/C18H19F3N2O2/c19-18(20,21)15-7-4-9-22(15)12-14-8-10-23(17(25)16(14)24)11-13-5-2-1-3-6-13/h1-3,5-6,8,10,15,24H,4,7,9,11-12H2. The molecule has 1 fully saturated rings. The van der Waals surface area contributed by atoms with Gasteiger partial charge in [-0.25, -0.2) is 0 Å². The molecule has 2 heterocycles. The maximum Gasteiger partial charge on any atom is 0.404 e. The molecule has 1 atom stereocenters. The van der Waals surface area contributed by atoms with Crippen LogP contribution in [0.1, 0.15) is 24.0 Å². The van der Waals surface area contributed by atoms with Crippen LogP contribution in [0.25, 0.3) is 0 Å². The summed E-state index contributed by atoms with van der Waals surface area (Å²) >= 11 is 0. The van der Waals surface area contributed by atoms with Crippen LogP contribution >= 0.6 is 0 Å². The number of nitrogens with zero attached hydrogens (tertiary/aromatic N) is 2. The van der Waals surface area contributed by atoms with Gasteiger partial charge in [0.1, 0.15) is 6.04 Å². The molecule has 7 heteroatoms. The minimum atomic E-state index is -4.30. The second kappa shape index (κ2) is 6.92. The van der Waals surface area contributed by atoms with E-state index in [1.807, 2.05) is 30.3 Å². The summed E-state index contributed by atoms with van der Waals surface area (Å²) in [5, 5.41) is 10.2. The van der Waals surface area contributed by atoms with E-state index in [2.05, 4.69) is 0 Å². The topological polar surface area (TPSA) is 45.5 Å². The number of halogens is 3. The Labute approximate surface area is 143 Å². The first-order chi connectivity index (χ1) is 11.9. The zero-order chi connectivity index (χ0) is 18.0. The molecule has 2 aromatic rings. The Hall–Kier alpha value is -2.28. The van der Waals surface area contributed by atoms with Crippen LogP contribution in [0.3, 0.4) is 0 Å². The smallest absolute Gasteiger partial charge is 0.404 e. The van der Waals surface area contributed by atoms with E-state index in [0.717, 1.165) is 5.56 Å². The summed E-state index contributed by atoms with van der Waals surface area (Å²) in [4.78, 5) is 13.6. The van der Waals surface area contributed by atoms with Crippen LogP contribution in [0.4, 0.5) is 13.2 Å². The van der Waals surface area contributed by atoms with Crippen molar-refractivity contribution in [1.82, 2.24) is 9.47 Å². The Morgan fingerprint density at radius 2 is 1.84 bits per heavy atom. The fourth-order valence-electron chi connectivity index (χ4n) is 3.24. The summed E-state index contributed by atoms with van der Waals surface area (Å²) in [5.41, 5.74) is 0.531. The molecule has 0 radical (unpaired) electrons. The lowest BCUT2D eigenvalue weighted by molar-refractivity contribution is -0.177. The summed E-state index contributed by atoms with van der Waals surface area (Å²) < 4.78 is 40.4. The van der Waals surface area contributed by atoms with Crippen LogP contribution < -0.4 is 5.56 Å². The van der Waals surface area contributed by atoms with Gasteiger partial charge in [-0.15, -0.1) is 0 Å². The number of aromatic nitrogens is 1. The van der Waals surface area contributed by atoms with Gasteiger partial charge in [0.2, 0.25) is 0 Å². The molecule has 1 unspecified atom stereocenters. The van der Waals surface area contributed by atoms with Crippen molar-refractivity contribution in [1.29, 1.82) is 0 Å². The van der Waals surface area contributed by atoms with Crippen LogP contribution in [0.5, 0.6) is 5.75 Å². The van der Waals surface area contributed by atoms with Crippen LogP contribution in [0, 0.1) is 0 Å². The molecular weight excluding hydrogens is 333 g/mol. The second-order valence-corrected chi connectivity index (χ2v) is 6.28. The lowest BCUT2D eigenvalue weighted by Crippen LogP contribution is -2.40. The van der Waals surface area contributed by atoms with Gasteiger partial charge in [0.05, 0.1) is 6.54 Å². The number of alkyl halides is 3. The van der Waals surface area contributed by atoms with E-state index >= 15 is 0 Å². The molecule has 0 amide bonds. The van der Waals surface area contributed by atoms with E-state index < -0.39 is 23.5 Å². The first-order valence-corrected chi connectivity index (χ1v) is 8.12. The molecule has 134 valence electrons. The normalized spacial score (nSPS) is 18.6.